The summed E-state index contributed by atoms with van der Waals surface area (Å²) in [7, 11) is 4.60. The molecule has 1 heterocycles. The van der Waals surface area contributed by atoms with Gasteiger partial charge in [-0.3, -0.25) is 0 Å². The van der Waals surface area contributed by atoms with Crippen molar-refractivity contribution in [2.75, 3.05) is 21.3 Å². The van der Waals surface area contributed by atoms with Crippen LogP contribution in [0.3, 0.4) is 0 Å². The van der Waals surface area contributed by atoms with Crippen molar-refractivity contribution < 1.29 is 18.6 Å². The van der Waals surface area contributed by atoms with Crippen molar-refractivity contribution >= 4 is 10.9 Å². The molecule has 0 spiro atoms. The van der Waals surface area contributed by atoms with Crippen LogP contribution in [-0.4, -0.2) is 26.3 Å². The first-order chi connectivity index (χ1) is 11.2. The highest BCUT2D eigenvalue weighted by Gasteiger charge is 2.13. The van der Waals surface area contributed by atoms with Gasteiger partial charge in [0.1, 0.15) is 5.75 Å². The van der Waals surface area contributed by atoms with Crippen LogP contribution in [-0.2, 0) is 0 Å². The summed E-state index contributed by atoms with van der Waals surface area (Å²) in [6.45, 7) is 0. The molecule has 0 fully saturated rings. The standard InChI is InChI=1S/C17H15NO5/c1-20-11-6-4-5-10(7-11)16-18-13-9-15(22-3)14(21-2)8-12(13)17(19)23-16/h4-9H,1-3H3. The van der Waals surface area contributed by atoms with E-state index < -0.39 is 5.63 Å². The van der Waals surface area contributed by atoms with Gasteiger partial charge in [-0.15, -0.1) is 0 Å². The first-order valence-electron chi connectivity index (χ1n) is 6.87. The summed E-state index contributed by atoms with van der Waals surface area (Å²) in [6.07, 6.45) is 0. The Morgan fingerprint density at radius 3 is 2.39 bits per heavy atom. The van der Waals surface area contributed by atoms with Gasteiger partial charge in [-0.05, 0) is 18.2 Å². The van der Waals surface area contributed by atoms with Crippen molar-refractivity contribution in [1.29, 1.82) is 0 Å². The minimum absolute atomic E-state index is 0.216. The Morgan fingerprint density at radius 2 is 1.70 bits per heavy atom. The van der Waals surface area contributed by atoms with Gasteiger partial charge in [0.25, 0.3) is 0 Å². The molecule has 0 atom stereocenters. The number of fused-ring (bicyclic) bond motifs is 1. The quantitative estimate of drug-likeness (QED) is 0.737. The first kappa shape index (κ1) is 14.9. The highest BCUT2D eigenvalue weighted by atomic mass is 16.5. The molecule has 0 unspecified atom stereocenters. The van der Waals surface area contributed by atoms with E-state index in [9.17, 15) is 4.79 Å². The van der Waals surface area contributed by atoms with E-state index in [2.05, 4.69) is 4.98 Å². The maximum absolute atomic E-state index is 12.3. The maximum Gasteiger partial charge on any atom is 0.347 e. The lowest BCUT2D eigenvalue weighted by Crippen LogP contribution is -2.04. The lowest BCUT2D eigenvalue weighted by molar-refractivity contribution is 0.355. The zero-order valence-electron chi connectivity index (χ0n) is 13.0. The average molecular weight is 313 g/mol. The second-order valence-electron chi connectivity index (χ2n) is 4.76. The van der Waals surface area contributed by atoms with Gasteiger partial charge in [0, 0.05) is 17.7 Å². The SMILES string of the molecule is COc1cccc(-c2nc3cc(OC)c(OC)cc3c(=O)o2)c1. The molecule has 0 aliphatic rings. The topological polar surface area (TPSA) is 70.8 Å². The molecule has 0 aliphatic carbocycles. The zero-order chi connectivity index (χ0) is 16.4. The molecule has 1 aromatic heterocycles. The number of benzene rings is 2. The van der Waals surface area contributed by atoms with Crippen molar-refractivity contribution in [3.63, 3.8) is 0 Å². The number of hydrogen-bond donors (Lipinski definition) is 0. The van der Waals surface area contributed by atoms with Crippen LogP contribution in [0.5, 0.6) is 17.2 Å². The van der Waals surface area contributed by atoms with Gasteiger partial charge in [0.05, 0.1) is 32.2 Å². The second-order valence-corrected chi connectivity index (χ2v) is 4.76. The first-order valence-corrected chi connectivity index (χ1v) is 6.87. The largest absolute Gasteiger partial charge is 0.497 e. The van der Waals surface area contributed by atoms with Crippen LogP contribution >= 0.6 is 0 Å². The van der Waals surface area contributed by atoms with Crippen LogP contribution in [0.4, 0.5) is 0 Å². The lowest BCUT2D eigenvalue weighted by Gasteiger charge is -2.09. The summed E-state index contributed by atoms with van der Waals surface area (Å²) in [5.41, 5.74) is 0.628. The zero-order valence-corrected chi connectivity index (χ0v) is 13.0. The highest BCUT2D eigenvalue weighted by molar-refractivity contribution is 5.82. The van der Waals surface area contributed by atoms with E-state index in [1.807, 2.05) is 0 Å². The molecule has 3 rings (SSSR count). The number of hydrogen-bond acceptors (Lipinski definition) is 6. The highest BCUT2D eigenvalue weighted by Crippen LogP contribution is 2.31. The van der Waals surface area contributed by atoms with Gasteiger partial charge in [0.15, 0.2) is 11.5 Å². The summed E-state index contributed by atoms with van der Waals surface area (Å²) in [5.74, 6) is 1.81. The fraction of sp³-hybridized carbons (Fsp3) is 0.176. The van der Waals surface area contributed by atoms with Gasteiger partial charge < -0.3 is 18.6 Å². The van der Waals surface area contributed by atoms with Gasteiger partial charge in [0.2, 0.25) is 5.89 Å². The summed E-state index contributed by atoms with van der Waals surface area (Å²) in [6, 6.07) is 10.3. The van der Waals surface area contributed by atoms with Crippen molar-refractivity contribution in [3.8, 4) is 28.7 Å². The second kappa shape index (κ2) is 6.00. The van der Waals surface area contributed by atoms with E-state index in [0.717, 1.165) is 0 Å². The van der Waals surface area contributed by atoms with E-state index >= 15 is 0 Å². The monoisotopic (exact) mass is 313 g/mol. The Balaban J connectivity index is 2.22. The third-order valence-corrected chi connectivity index (χ3v) is 3.45. The van der Waals surface area contributed by atoms with Gasteiger partial charge in [-0.2, -0.15) is 0 Å². The van der Waals surface area contributed by atoms with Gasteiger partial charge in [-0.25, -0.2) is 9.78 Å². The third-order valence-electron chi connectivity index (χ3n) is 3.45. The fourth-order valence-electron chi connectivity index (χ4n) is 2.28. The van der Waals surface area contributed by atoms with Gasteiger partial charge in [-0.1, -0.05) is 6.07 Å². The molecule has 23 heavy (non-hydrogen) atoms. The number of ether oxygens (including phenoxy) is 3. The number of nitrogens with zero attached hydrogens (tertiary/aromatic N) is 1. The molecule has 0 bridgehead atoms. The molecular weight excluding hydrogens is 298 g/mol. The van der Waals surface area contributed by atoms with Crippen LogP contribution < -0.4 is 19.8 Å². The molecule has 0 amide bonds. The van der Waals surface area contributed by atoms with E-state index in [-0.39, 0.29) is 5.89 Å². The van der Waals surface area contributed by atoms with Crippen LogP contribution in [0.2, 0.25) is 0 Å². The van der Waals surface area contributed by atoms with Crippen LogP contribution in [0.15, 0.2) is 45.6 Å². The third kappa shape index (κ3) is 2.70. The van der Waals surface area contributed by atoms with Crippen LogP contribution in [0.25, 0.3) is 22.4 Å². The fourth-order valence-corrected chi connectivity index (χ4v) is 2.28. The average Bonchev–Trinajstić information content (AvgIpc) is 2.60. The number of rotatable bonds is 4. The smallest absolute Gasteiger partial charge is 0.347 e. The summed E-state index contributed by atoms with van der Waals surface area (Å²) < 4.78 is 21.0. The Hall–Kier alpha value is -3.02. The predicted molar refractivity (Wildman–Crippen MR) is 85.4 cm³/mol. The Bertz CT molecular complexity index is 916. The van der Waals surface area contributed by atoms with Crippen molar-refractivity contribution in [3.05, 3.63) is 46.8 Å². The lowest BCUT2D eigenvalue weighted by atomic mass is 10.2. The summed E-state index contributed by atoms with van der Waals surface area (Å²) >= 11 is 0. The maximum atomic E-state index is 12.3. The van der Waals surface area contributed by atoms with Gasteiger partial charge >= 0.3 is 5.63 Å². The molecule has 0 N–H and O–H groups in total. The normalized spacial score (nSPS) is 10.6. The molecule has 3 aromatic rings. The van der Waals surface area contributed by atoms with E-state index in [4.69, 9.17) is 18.6 Å². The molecule has 6 heteroatoms. The van der Waals surface area contributed by atoms with E-state index in [1.165, 1.54) is 14.2 Å². The molecule has 118 valence electrons. The van der Waals surface area contributed by atoms with Crippen molar-refractivity contribution in [1.82, 2.24) is 4.98 Å². The Morgan fingerprint density at radius 1 is 0.957 bits per heavy atom. The molecule has 0 radical (unpaired) electrons. The van der Waals surface area contributed by atoms with Crippen molar-refractivity contribution in [2.45, 2.75) is 0 Å². The molecule has 0 saturated heterocycles. The molecule has 0 aliphatic heterocycles. The number of methoxy groups -OCH3 is 3. The van der Waals surface area contributed by atoms with Crippen LogP contribution in [0, 0.1) is 0 Å². The minimum Gasteiger partial charge on any atom is -0.497 e. The summed E-state index contributed by atoms with van der Waals surface area (Å²) in [4.78, 5) is 16.7. The van der Waals surface area contributed by atoms with Crippen molar-refractivity contribution in [2.24, 2.45) is 0 Å². The van der Waals surface area contributed by atoms with E-state index in [0.29, 0.717) is 33.7 Å². The number of aromatic nitrogens is 1. The molecule has 6 nitrogen and oxygen atoms in total. The Labute approximate surface area is 132 Å². The molecule has 2 aromatic carbocycles. The molecule has 0 saturated carbocycles. The van der Waals surface area contributed by atoms with Crippen LogP contribution in [0.1, 0.15) is 0 Å². The summed E-state index contributed by atoms with van der Waals surface area (Å²) in [5, 5.41) is 0.328. The predicted octanol–water partition coefficient (Wildman–Crippen LogP) is 2.88. The van der Waals surface area contributed by atoms with E-state index in [1.54, 1.807) is 43.5 Å². The molecular formula is C17H15NO5. The minimum atomic E-state index is -0.492. The Kier molecular flexibility index (Phi) is 3.89.